The normalized spacial score (nSPS) is 13.4. The second-order valence-electron chi connectivity index (χ2n) is 1.73. The predicted octanol–water partition coefficient (Wildman–Crippen LogP) is -0.312. The van der Waals surface area contributed by atoms with Gasteiger partial charge in [0, 0.05) is 0 Å². The molecule has 0 aliphatic carbocycles. The Kier molecular flexibility index (Phi) is 3.39. The lowest BCUT2D eigenvalue weighted by Gasteiger charge is -2.06. The Hall–Kier alpha value is -0.410. The molecule has 0 aliphatic rings. The smallest absolute Gasteiger partial charge is 0.147 e. The van der Waals surface area contributed by atoms with Crippen LogP contribution in [0.25, 0.3) is 0 Å². The summed E-state index contributed by atoms with van der Waals surface area (Å²) in [6, 6.07) is -0.0833. The highest BCUT2D eigenvalue weighted by Gasteiger charge is 2.02. The van der Waals surface area contributed by atoms with E-state index in [-0.39, 0.29) is 11.8 Å². The molecule has 0 spiro atoms. The molecule has 0 aromatic carbocycles. The molecule has 3 nitrogen and oxygen atoms in total. The van der Waals surface area contributed by atoms with Crippen molar-refractivity contribution in [3.63, 3.8) is 0 Å². The highest BCUT2D eigenvalue weighted by Crippen LogP contribution is 1.77. The summed E-state index contributed by atoms with van der Waals surface area (Å²) in [6.45, 7) is 3.36. The molecule has 0 bridgehead atoms. The monoisotopic (exact) mass is 116 g/mol. The molecule has 48 valence electrons. The van der Waals surface area contributed by atoms with Crippen LogP contribution in [0.5, 0.6) is 0 Å². The largest absolute Gasteiger partial charge is 0.298 e. The third kappa shape index (κ3) is 2.71. The van der Waals surface area contributed by atoms with Crippen LogP contribution in [0.3, 0.4) is 0 Å². The standard InChI is InChI=1S/C5H12N2O/c1-4(5(2)8)7-6-3/h4,6-7H,1-3H3. The van der Waals surface area contributed by atoms with Crippen LogP contribution in [0.15, 0.2) is 0 Å². The fourth-order valence-corrected chi connectivity index (χ4v) is 0.318. The van der Waals surface area contributed by atoms with Crippen LogP contribution in [0.2, 0.25) is 0 Å². The maximum absolute atomic E-state index is 10.4. The summed E-state index contributed by atoms with van der Waals surface area (Å²) < 4.78 is 0. The van der Waals surface area contributed by atoms with Crippen molar-refractivity contribution in [2.24, 2.45) is 0 Å². The van der Waals surface area contributed by atoms with Crippen LogP contribution in [-0.4, -0.2) is 18.9 Å². The summed E-state index contributed by atoms with van der Waals surface area (Å²) in [5.74, 6) is 0.138. The topological polar surface area (TPSA) is 41.1 Å². The molecule has 2 N–H and O–H groups in total. The van der Waals surface area contributed by atoms with Crippen molar-refractivity contribution in [1.29, 1.82) is 0 Å². The summed E-state index contributed by atoms with van der Waals surface area (Å²) in [4.78, 5) is 10.4. The van der Waals surface area contributed by atoms with Crippen molar-refractivity contribution in [2.45, 2.75) is 19.9 Å². The van der Waals surface area contributed by atoms with Gasteiger partial charge in [-0.1, -0.05) is 0 Å². The molecule has 1 atom stereocenters. The molecule has 0 aliphatic heterocycles. The van der Waals surface area contributed by atoms with Gasteiger partial charge in [-0.2, -0.15) is 0 Å². The van der Waals surface area contributed by atoms with E-state index in [0.717, 1.165) is 0 Å². The lowest BCUT2D eigenvalue weighted by molar-refractivity contribution is -0.118. The Morgan fingerprint density at radius 2 is 2.12 bits per heavy atom. The summed E-state index contributed by atoms with van der Waals surface area (Å²) in [6.07, 6.45) is 0. The average Bonchev–Trinajstić information content (AvgIpc) is 1.67. The minimum Gasteiger partial charge on any atom is -0.298 e. The van der Waals surface area contributed by atoms with Gasteiger partial charge < -0.3 is 0 Å². The third-order valence-corrected chi connectivity index (χ3v) is 0.971. The minimum atomic E-state index is -0.0833. The SMILES string of the molecule is CNNC(C)C(C)=O. The quantitative estimate of drug-likeness (QED) is 0.497. The minimum absolute atomic E-state index is 0.0833. The summed E-state index contributed by atoms with van der Waals surface area (Å²) >= 11 is 0. The van der Waals surface area contributed by atoms with Crippen LogP contribution in [0.1, 0.15) is 13.8 Å². The molecule has 0 amide bonds. The van der Waals surface area contributed by atoms with Crippen molar-refractivity contribution in [3.05, 3.63) is 0 Å². The zero-order chi connectivity index (χ0) is 6.57. The maximum atomic E-state index is 10.4. The molecule has 0 heterocycles. The van der Waals surface area contributed by atoms with E-state index in [9.17, 15) is 4.79 Å². The zero-order valence-corrected chi connectivity index (χ0v) is 5.49. The van der Waals surface area contributed by atoms with Gasteiger partial charge in [0.2, 0.25) is 0 Å². The molecule has 0 aromatic rings. The molecule has 0 fully saturated rings. The second kappa shape index (κ2) is 3.57. The van der Waals surface area contributed by atoms with E-state index < -0.39 is 0 Å². The second-order valence-corrected chi connectivity index (χ2v) is 1.73. The molecule has 8 heavy (non-hydrogen) atoms. The van der Waals surface area contributed by atoms with Gasteiger partial charge in [-0.25, -0.2) is 5.43 Å². The zero-order valence-electron chi connectivity index (χ0n) is 5.49. The molecular weight excluding hydrogens is 104 g/mol. The number of carbonyl (C=O) groups is 1. The Bertz CT molecular complexity index is 82.5. The Morgan fingerprint density at radius 3 is 2.25 bits per heavy atom. The van der Waals surface area contributed by atoms with Crippen LogP contribution in [0.4, 0.5) is 0 Å². The number of nitrogens with one attached hydrogen (secondary N) is 2. The first-order valence-corrected chi connectivity index (χ1v) is 2.61. The molecule has 0 radical (unpaired) electrons. The van der Waals surface area contributed by atoms with Crippen molar-refractivity contribution < 1.29 is 4.79 Å². The van der Waals surface area contributed by atoms with E-state index in [0.29, 0.717) is 0 Å². The number of hydrogen-bond acceptors (Lipinski definition) is 3. The van der Waals surface area contributed by atoms with E-state index in [1.54, 1.807) is 20.9 Å². The van der Waals surface area contributed by atoms with Crippen LogP contribution >= 0.6 is 0 Å². The number of ketones is 1. The highest BCUT2D eigenvalue weighted by molar-refractivity contribution is 5.80. The molecule has 0 saturated carbocycles. The van der Waals surface area contributed by atoms with E-state index in [1.807, 2.05) is 0 Å². The number of hydrazine groups is 1. The number of hydrogen-bond donors (Lipinski definition) is 2. The van der Waals surface area contributed by atoms with Gasteiger partial charge in [0.05, 0.1) is 6.04 Å². The fraction of sp³-hybridized carbons (Fsp3) is 0.800. The van der Waals surface area contributed by atoms with Gasteiger partial charge in [-0.15, -0.1) is 0 Å². The number of carbonyl (C=O) groups excluding carboxylic acids is 1. The van der Waals surface area contributed by atoms with Crippen LogP contribution < -0.4 is 10.9 Å². The van der Waals surface area contributed by atoms with E-state index in [2.05, 4.69) is 10.9 Å². The summed E-state index contributed by atoms with van der Waals surface area (Å²) in [5, 5.41) is 0. The predicted molar refractivity (Wildman–Crippen MR) is 32.3 cm³/mol. The van der Waals surface area contributed by atoms with Gasteiger partial charge in [0.15, 0.2) is 0 Å². The van der Waals surface area contributed by atoms with E-state index in [4.69, 9.17) is 0 Å². The Labute approximate surface area is 49.4 Å². The lowest BCUT2D eigenvalue weighted by Crippen LogP contribution is -2.40. The van der Waals surface area contributed by atoms with Gasteiger partial charge in [0.25, 0.3) is 0 Å². The summed E-state index contributed by atoms with van der Waals surface area (Å²) in [5.41, 5.74) is 5.42. The molecule has 0 saturated heterocycles. The van der Waals surface area contributed by atoms with E-state index >= 15 is 0 Å². The number of Topliss-reactive ketones (excluding diaryl/α,β-unsaturated/α-hetero) is 1. The average molecular weight is 116 g/mol. The Morgan fingerprint density at radius 1 is 1.62 bits per heavy atom. The van der Waals surface area contributed by atoms with Gasteiger partial charge in [-0.05, 0) is 20.9 Å². The first-order chi connectivity index (χ1) is 3.68. The molecular formula is C5H12N2O. The molecule has 3 heteroatoms. The maximum Gasteiger partial charge on any atom is 0.147 e. The molecule has 0 aromatic heterocycles. The Balaban J connectivity index is 3.32. The number of rotatable bonds is 3. The van der Waals surface area contributed by atoms with Gasteiger partial charge in [0.1, 0.15) is 5.78 Å². The first kappa shape index (κ1) is 7.59. The molecule has 1 unspecified atom stereocenters. The van der Waals surface area contributed by atoms with Crippen molar-refractivity contribution in [3.8, 4) is 0 Å². The molecule has 0 rings (SSSR count). The third-order valence-electron chi connectivity index (χ3n) is 0.971. The van der Waals surface area contributed by atoms with Gasteiger partial charge >= 0.3 is 0 Å². The first-order valence-electron chi connectivity index (χ1n) is 2.61. The highest BCUT2D eigenvalue weighted by atomic mass is 16.1. The van der Waals surface area contributed by atoms with Crippen LogP contribution in [-0.2, 0) is 4.79 Å². The van der Waals surface area contributed by atoms with Crippen molar-refractivity contribution >= 4 is 5.78 Å². The lowest BCUT2D eigenvalue weighted by atomic mass is 10.3. The van der Waals surface area contributed by atoms with E-state index in [1.165, 1.54) is 0 Å². The van der Waals surface area contributed by atoms with Crippen molar-refractivity contribution in [2.75, 3.05) is 7.05 Å². The summed E-state index contributed by atoms with van der Waals surface area (Å²) in [7, 11) is 1.74. The van der Waals surface area contributed by atoms with Crippen molar-refractivity contribution in [1.82, 2.24) is 10.9 Å². The van der Waals surface area contributed by atoms with Crippen LogP contribution in [0, 0.1) is 0 Å². The fourth-order valence-electron chi connectivity index (χ4n) is 0.318. The van der Waals surface area contributed by atoms with Gasteiger partial charge in [-0.3, -0.25) is 10.2 Å².